The van der Waals surface area contributed by atoms with Crippen molar-refractivity contribution in [3.05, 3.63) is 35.0 Å². The van der Waals surface area contributed by atoms with E-state index in [4.69, 9.17) is 4.74 Å². The van der Waals surface area contributed by atoms with Gasteiger partial charge in [0.15, 0.2) is 0 Å². The zero-order chi connectivity index (χ0) is 13.9. The Kier molecular flexibility index (Phi) is 4.34. The summed E-state index contributed by atoms with van der Waals surface area (Å²) >= 11 is 1.76. The smallest absolute Gasteiger partial charge is 0.123 e. The van der Waals surface area contributed by atoms with Crippen LogP contribution in [-0.2, 0) is 4.74 Å². The first-order chi connectivity index (χ1) is 9.78. The Morgan fingerprint density at radius 3 is 3.10 bits per heavy atom. The van der Waals surface area contributed by atoms with Gasteiger partial charge in [-0.2, -0.15) is 0 Å². The van der Waals surface area contributed by atoms with Gasteiger partial charge in [0.05, 0.1) is 6.61 Å². The average Bonchev–Trinajstić information content (AvgIpc) is 2.88. The van der Waals surface area contributed by atoms with Crippen LogP contribution in [0.5, 0.6) is 0 Å². The van der Waals surface area contributed by atoms with E-state index in [1.54, 1.807) is 17.4 Å². The normalized spacial score (nSPS) is 21.2. The van der Waals surface area contributed by atoms with Gasteiger partial charge in [-0.15, -0.1) is 11.3 Å². The molecule has 1 aromatic heterocycles. The van der Waals surface area contributed by atoms with Gasteiger partial charge in [-0.05, 0) is 49.0 Å². The lowest BCUT2D eigenvalue weighted by atomic mass is 9.92. The number of hydrogen-bond acceptors (Lipinski definition) is 3. The number of rotatable bonds is 4. The van der Waals surface area contributed by atoms with Crippen molar-refractivity contribution in [2.45, 2.75) is 25.8 Å². The van der Waals surface area contributed by atoms with Crippen molar-refractivity contribution in [3.63, 3.8) is 0 Å². The molecule has 0 bridgehead atoms. The number of hydrogen-bond donors (Lipinski definition) is 1. The quantitative estimate of drug-likeness (QED) is 0.915. The first-order valence-electron chi connectivity index (χ1n) is 7.28. The third-order valence-corrected chi connectivity index (χ3v) is 5.09. The molecule has 2 nitrogen and oxygen atoms in total. The summed E-state index contributed by atoms with van der Waals surface area (Å²) in [6, 6.07) is 7.48. The standard InChI is InChI=1S/C16H20FNOS/c1-2-18-16(11-4-3-7-19-10-11)15-9-12-8-13(17)5-6-14(12)20-15/h5-6,8-9,11,16,18H,2-4,7,10H2,1H3. The highest BCUT2D eigenvalue weighted by Gasteiger charge is 2.26. The van der Waals surface area contributed by atoms with Gasteiger partial charge in [-0.25, -0.2) is 4.39 Å². The van der Waals surface area contributed by atoms with Crippen LogP contribution in [0.3, 0.4) is 0 Å². The Morgan fingerprint density at radius 1 is 1.45 bits per heavy atom. The first-order valence-corrected chi connectivity index (χ1v) is 8.09. The molecule has 0 aliphatic carbocycles. The van der Waals surface area contributed by atoms with Crippen molar-refractivity contribution in [3.8, 4) is 0 Å². The Bertz CT molecular complexity index is 577. The molecular formula is C16H20FNOS. The Balaban J connectivity index is 1.91. The molecule has 1 fully saturated rings. The van der Waals surface area contributed by atoms with Crippen molar-refractivity contribution in [1.29, 1.82) is 0 Å². The largest absolute Gasteiger partial charge is 0.381 e. The summed E-state index contributed by atoms with van der Waals surface area (Å²) in [4.78, 5) is 1.29. The molecule has 1 aromatic carbocycles. The van der Waals surface area contributed by atoms with Gasteiger partial charge in [-0.1, -0.05) is 6.92 Å². The van der Waals surface area contributed by atoms with Crippen LogP contribution < -0.4 is 5.32 Å². The summed E-state index contributed by atoms with van der Waals surface area (Å²) in [6.45, 7) is 4.76. The van der Waals surface area contributed by atoms with Crippen LogP contribution in [0.25, 0.3) is 10.1 Å². The van der Waals surface area contributed by atoms with Crippen LogP contribution in [-0.4, -0.2) is 19.8 Å². The lowest BCUT2D eigenvalue weighted by Crippen LogP contribution is -2.32. The molecule has 0 radical (unpaired) electrons. The fourth-order valence-corrected chi connectivity index (χ4v) is 4.15. The molecule has 1 N–H and O–H groups in total. The second-order valence-corrected chi connectivity index (χ2v) is 6.46. The fraction of sp³-hybridized carbons (Fsp3) is 0.500. The highest BCUT2D eigenvalue weighted by Crippen LogP contribution is 2.36. The summed E-state index contributed by atoms with van der Waals surface area (Å²) in [6.07, 6.45) is 2.33. The molecule has 0 amide bonds. The van der Waals surface area contributed by atoms with Gasteiger partial charge in [0, 0.05) is 28.1 Å². The van der Waals surface area contributed by atoms with Crippen LogP contribution >= 0.6 is 11.3 Å². The van der Waals surface area contributed by atoms with E-state index in [0.29, 0.717) is 12.0 Å². The maximum absolute atomic E-state index is 13.3. The van der Waals surface area contributed by atoms with Gasteiger partial charge < -0.3 is 10.1 Å². The van der Waals surface area contributed by atoms with Gasteiger partial charge in [0.2, 0.25) is 0 Å². The predicted octanol–water partition coefficient (Wildman–Crippen LogP) is 4.12. The van der Waals surface area contributed by atoms with Crippen molar-refractivity contribution in [2.75, 3.05) is 19.8 Å². The molecule has 2 heterocycles. The molecule has 3 rings (SSSR count). The monoisotopic (exact) mass is 293 g/mol. The van der Waals surface area contributed by atoms with Crippen LogP contribution in [0.1, 0.15) is 30.7 Å². The van der Waals surface area contributed by atoms with E-state index >= 15 is 0 Å². The summed E-state index contributed by atoms with van der Waals surface area (Å²) in [5.41, 5.74) is 0. The minimum Gasteiger partial charge on any atom is -0.381 e. The molecule has 1 saturated heterocycles. The number of thiophene rings is 1. The highest BCUT2D eigenvalue weighted by molar-refractivity contribution is 7.19. The molecule has 2 unspecified atom stereocenters. The van der Waals surface area contributed by atoms with Crippen molar-refractivity contribution < 1.29 is 9.13 Å². The Labute approximate surface area is 122 Å². The maximum Gasteiger partial charge on any atom is 0.123 e. The van der Waals surface area contributed by atoms with Gasteiger partial charge in [-0.3, -0.25) is 0 Å². The van der Waals surface area contributed by atoms with Gasteiger partial charge in [0.25, 0.3) is 0 Å². The molecule has 4 heteroatoms. The van der Waals surface area contributed by atoms with Crippen LogP contribution in [0.15, 0.2) is 24.3 Å². The highest BCUT2D eigenvalue weighted by atomic mass is 32.1. The summed E-state index contributed by atoms with van der Waals surface area (Å²) in [7, 11) is 0. The number of benzene rings is 1. The molecule has 2 aromatic rings. The average molecular weight is 293 g/mol. The zero-order valence-corrected chi connectivity index (χ0v) is 12.5. The molecule has 0 saturated carbocycles. The van der Waals surface area contributed by atoms with E-state index in [0.717, 1.165) is 36.3 Å². The van der Waals surface area contributed by atoms with Crippen molar-refractivity contribution >= 4 is 21.4 Å². The number of fused-ring (bicyclic) bond motifs is 1. The number of ether oxygens (including phenoxy) is 1. The first kappa shape index (κ1) is 14.0. The van der Waals surface area contributed by atoms with E-state index in [1.807, 2.05) is 6.07 Å². The van der Waals surface area contributed by atoms with E-state index in [9.17, 15) is 4.39 Å². The topological polar surface area (TPSA) is 21.3 Å². The SMILES string of the molecule is CCNC(c1cc2cc(F)ccc2s1)C1CCCOC1. The second kappa shape index (κ2) is 6.20. The zero-order valence-electron chi connectivity index (χ0n) is 11.7. The lowest BCUT2D eigenvalue weighted by Gasteiger charge is -2.30. The van der Waals surface area contributed by atoms with E-state index in [2.05, 4.69) is 18.3 Å². The molecular weight excluding hydrogens is 273 g/mol. The minimum atomic E-state index is -0.164. The number of halogens is 1. The van der Waals surface area contributed by atoms with E-state index in [1.165, 1.54) is 17.4 Å². The Hall–Kier alpha value is -0.970. The van der Waals surface area contributed by atoms with Crippen LogP contribution in [0.4, 0.5) is 4.39 Å². The predicted molar refractivity (Wildman–Crippen MR) is 81.7 cm³/mol. The molecule has 1 aliphatic heterocycles. The number of nitrogens with one attached hydrogen (secondary N) is 1. The lowest BCUT2D eigenvalue weighted by molar-refractivity contribution is 0.0398. The summed E-state index contributed by atoms with van der Waals surface area (Å²) in [5.74, 6) is 0.351. The van der Waals surface area contributed by atoms with Gasteiger partial charge in [0.1, 0.15) is 5.82 Å². The van der Waals surface area contributed by atoms with Crippen LogP contribution in [0, 0.1) is 11.7 Å². The summed E-state index contributed by atoms with van der Waals surface area (Å²) < 4.78 is 20.1. The van der Waals surface area contributed by atoms with Crippen molar-refractivity contribution in [1.82, 2.24) is 5.32 Å². The summed E-state index contributed by atoms with van der Waals surface area (Å²) in [5, 5.41) is 4.59. The van der Waals surface area contributed by atoms with E-state index < -0.39 is 0 Å². The molecule has 20 heavy (non-hydrogen) atoms. The third-order valence-electron chi connectivity index (χ3n) is 3.89. The van der Waals surface area contributed by atoms with E-state index in [-0.39, 0.29) is 5.82 Å². The molecule has 2 atom stereocenters. The van der Waals surface area contributed by atoms with Crippen molar-refractivity contribution in [2.24, 2.45) is 5.92 Å². The Morgan fingerprint density at radius 2 is 2.35 bits per heavy atom. The minimum absolute atomic E-state index is 0.164. The van der Waals surface area contributed by atoms with Crippen LogP contribution in [0.2, 0.25) is 0 Å². The fourth-order valence-electron chi connectivity index (χ4n) is 2.94. The second-order valence-electron chi connectivity index (χ2n) is 5.34. The van der Waals surface area contributed by atoms with Gasteiger partial charge >= 0.3 is 0 Å². The third kappa shape index (κ3) is 2.87. The molecule has 0 spiro atoms. The molecule has 108 valence electrons. The molecule has 1 aliphatic rings. The maximum atomic E-state index is 13.3.